The Bertz CT molecular complexity index is 1340. The maximum atomic E-state index is 12.8. The summed E-state index contributed by atoms with van der Waals surface area (Å²) in [7, 11) is 1.84. The fraction of sp³-hybridized carbons (Fsp3) is 0.120. The molecule has 34 heavy (non-hydrogen) atoms. The van der Waals surface area contributed by atoms with E-state index in [1.165, 1.54) is 11.8 Å². The topological polar surface area (TPSA) is 88.9 Å². The normalized spacial score (nSPS) is 10.7. The molecule has 0 radical (unpaired) electrons. The number of nitrogens with one attached hydrogen (secondary N) is 2. The number of anilines is 2. The van der Waals surface area contributed by atoms with Gasteiger partial charge in [0.25, 0.3) is 5.91 Å². The summed E-state index contributed by atoms with van der Waals surface area (Å²) < 4.78 is 1.82. The first-order valence-electron chi connectivity index (χ1n) is 10.5. The lowest BCUT2D eigenvalue weighted by Crippen LogP contribution is -2.19. The number of hydrogen-bond donors (Lipinski definition) is 2. The molecule has 0 aliphatic carbocycles. The van der Waals surface area contributed by atoms with Gasteiger partial charge in [-0.05, 0) is 61.0 Å². The summed E-state index contributed by atoms with van der Waals surface area (Å²) in [5.74, 6) is 0.241. The van der Waals surface area contributed by atoms with Crippen molar-refractivity contribution in [1.82, 2.24) is 14.8 Å². The predicted molar refractivity (Wildman–Crippen MR) is 136 cm³/mol. The van der Waals surface area contributed by atoms with E-state index in [0.717, 1.165) is 11.1 Å². The summed E-state index contributed by atoms with van der Waals surface area (Å²) in [6.07, 6.45) is 0. The van der Waals surface area contributed by atoms with Crippen molar-refractivity contribution in [2.24, 2.45) is 7.05 Å². The Morgan fingerprint density at radius 1 is 0.971 bits per heavy atom. The van der Waals surface area contributed by atoms with Gasteiger partial charge < -0.3 is 15.2 Å². The minimum absolute atomic E-state index is 0.112. The molecule has 2 N–H and O–H groups in total. The Balaban J connectivity index is 1.40. The number of amides is 2. The highest BCUT2D eigenvalue weighted by molar-refractivity contribution is 7.99. The second kappa shape index (κ2) is 10.5. The van der Waals surface area contributed by atoms with Crippen LogP contribution in [0.15, 0.2) is 78.0 Å². The van der Waals surface area contributed by atoms with Gasteiger partial charge in [0.2, 0.25) is 5.91 Å². The molecule has 0 unspecified atom stereocenters. The molecule has 172 valence electrons. The van der Waals surface area contributed by atoms with Crippen LogP contribution in [0.1, 0.15) is 15.9 Å². The second-order valence-corrected chi connectivity index (χ2v) is 8.96. The average Bonchev–Trinajstić information content (AvgIpc) is 3.19. The zero-order valence-electron chi connectivity index (χ0n) is 18.6. The van der Waals surface area contributed by atoms with E-state index in [4.69, 9.17) is 11.6 Å². The van der Waals surface area contributed by atoms with E-state index in [-0.39, 0.29) is 17.6 Å². The van der Waals surface area contributed by atoms with E-state index in [0.29, 0.717) is 32.9 Å². The van der Waals surface area contributed by atoms with Crippen LogP contribution >= 0.6 is 23.4 Å². The highest BCUT2D eigenvalue weighted by atomic mass is 35.5. The molecule has 1 aromatic heterocycles. The fourth-order valence-electron chi connectivity index (χ4n) is 3.32. The zero-order chi connectivity index (χ0) is 24.1. The SMILES string of the molecule is Cc1cccc(NC(=O)c2ccccc2NC(=O)CSc2nnc(-c3ccc(Cl)cc3)n2C)c1. The quantitative estimate of drug-likeness (QED) is 0.337. The van der Waals surface area contributed by atoms with Gasteiger partial charge in [0.15, 0.2) is 11.0 Å². The number of para-hydroxylation sites is 1. The summed E-state index contributed by atoms with van der Waals surface area (Å²) in [6.45, 7) is 1.96. The predicted octanol–water partition coefficient (Wildman–Crippen LogP) is 5.43. The molecule has 0 bridgehead atoms. The Morgan fingerprint density at radius 2 is 1.74 bits per heavy atom. The second-order valence-electron chi connectivity index (χ2n) is 7.58. The molecule has 4 rings (SSSR count). The fourth-order valence-corrected chi connectivity index (χ4v) is 4.16. The van der Waals surface area contributed by atoms with Gasteiger partial charge in [0.05, 0.1) is 17.0 Å². The van der Waals surface area contributed by atoms with Crippen LogP contribution in [-0.4, -0.2) is 32.3 Å². The lowest BCUT2D eigenvalue weighted by Gasteiger charge is -2.12. The molecular formula is C25H22ClN5O2S. The van der Waals surface area contributed by atoms with Gasteiger partial charge in [-0.25, -0.2) is 0 Å². The van der Waals surface area contributed by atoms with E-state index < -0.39 is 0 Å². The highest BCUT2D eigenvalue weighted by Gasteiger charge is 2.16. The summed E-state index contributed by atoms with van der Waals surface area (Å²) >= 11 is 7.22. The lowest BCUT2D eigenvalue weighted by molar-refractivity contribution is -0.113. The van der Waals surface area contributed by atoms with Crippen LogP contribution in [0, 0.1) is 6.92 Å². The number of aryl methyl sites for hydroxylation is 1. The number of thioether (sulfide) groups is 1. The molecule has 7 nitrogen and oxygen atoms in total. The number of carbonyl (C=O) groups is 2. The summed E-state index contributed by atoms with van der Waals surface area (Å²) in [4.78, 5) is 25.5. The molecule has 1 heterocycles. The van der Waals surface area contributed by atoms with Crippen LogP contribution in [0.4, 0.5) is 11.4 Å². The molecule has 0 saturated carbocycles. The number of nitrogens with zero attached hydrogens (tertiary/aromatic N) is 3. The molecule has 9 heteroatoms. The minimum Gasteiger partial charge on any atom is -0.325 e. The third kappa shape index (κ3) is 5.65. The largest absolute Gasteiger partial charge is 0.325 e. The number of carbonyl (C=O) groups excluding carboxylic acids is 2. The zero-order valence-corrected chi connectivity index (χ0v) is 20.2. The van der Waals surface area contributed by atoms with Crippen LogP contribution in [-0.2, 0) is 11.8 Å². The van der Waals surface area contributed by atoms with Gasteiger partial charge in [-0.1, -0.05) is 47.6 Å². The molecule has 0 saturated heterocycles. The number of halogens is 1. The van der Waals surface area contributed by atoms with Crippen LogP contribution in [0.2, 0.25) is 5.02 Å². The van der Waals surface area contributed by atoms with Crippen molar-refractivity contribution in [1.29, 1.82) is 0 Å². The van der Waals surface area contributed by atoms with Crippen molar-refractivity contribution < 1.29 is 9.59 Å². The maximum Gasteiger partial charge on any atom is 0.257 e. The Labute approximate surface area is 206 Å². The van der Waals surface area contributed by atoms with Crippen LogP contribution in [0.25, 0.3) is 11.4 Å². The molecule has 3 aromatic carbocycles. The van der Waals surface area contributed by atoms with E-state index in [9.17, 15) is 9.59 Å². The number of rotatable bonds is 7. The molecule has 0 fully saturated rings. The van der Waals surface area contributed by atoms with Crippen LogP contribution < -0.4 is 10.6 Å². The van der Waals surface area contributed by atoms with Gasteiger partial charge in [-0.15, -0.1) is 10.2 Å². The summed E-state index contributed by atoms with van der Waals surface area (Å²) in [5, 5.41) is 15.4. The standard InChI is InChI=1S/C25H22ClN5O2S/c1-16-6-5-7-19(14-16)27-24(33)20-8-3-4-9-21(20)28-22(32)15-34-25-30-29-23(31(25)2)17-10-12-18(26)13-11-17/h3-14H,15H2,1-2H3,(H,27,33)(H,28,32). The molecular weight excluding hydrogens is 470 g/mol. The number of hydrogen-bond acceptors (Lipinski definition) is 5. The molecule has 0 spiro atoms. The van der Waals surface area contributed by atoms with Gasteiger partial charge in [-0.2, -0.15) is 0 Å². The van der Waals surface area contributed by atoms with Crippen molar-refractivity contribution in [3.05, 3.63) is 88.9 Å². The number of benzene rings is 3. The first kappa shape index (κ1) is 23.5. The lowest BCUT2D eigenvalue weighted by atomic mass is 10.1. The van der Waals surface area contributed by atoms with Crippen molar-refractivity contribution >= 4 is 46.6 Å². The monoisotopic (exact) mass is 491 g/mol. The Morgan fingerprint density at radius 3 is 2.50 bits per heavy atom. The Hall–Kier alpha value is -3.62. The average molecular weight is 492 g/mol. The van der Waals surface area contributed by atoms with E-state index >= 15 is 0 Å². The summed E-state index contributed by atoms with van der Waals surface area (Å²) in [5.41, 5.74) is 3.44. The van der Waals surface area contributed by atoms with E-state index in [1.807, 2.05) is 54.9 Å². The van der Waals surface area contributed by atoms with Crippen molar-refractivity contribution in [2.75, 3.05) is 16.4 Å². The van der Waals surface area contributed by atoms with E-state index in [1.54, 1.807) is 36.4 Å². The third-order valence-electron chi connectivity index (χ3n) is 4.99. The first-order valence-corrected chi connectivity index (χ1v) is 11.8. The van der Waals surface area contributed by atoms with Gasteiger partial charge in [0, 0.05) is 23.3 Å². The van der Waals surface area contributed by atoms with Gasteiger partial charge >= 0.3 is 0 Å². The third-order valence-corrected chi connectivity index (χ3v) is 6.26. The molecule has 0 aliphatic rings. The maximum absolute atomic E-state index is 12.8. The molecule has 0 atom stereocenters. The Kier molecular flexibility index (Phi) is 7.30. The van der Waals surface area contributed by atoms with Gasteiger partial charge in [-0.3, -0.25) is 9.59 Å². The first-order chi connectivity index (χ1) is 16.4. The number of aromatic nitrogens is 3. The molecule has 4 aromatic rings. The highest BCUT2D eigenvalue weighted by Crippen LogP contribution is 2.24. The smallest absolute Gasteiger partial charge is 0.257 e. The van der Waals surface area contributed by atoms with Gasteiger partial charge in [0.1, 0.15) is 0 Å². The van der Waals surface area contributed by atoms with E-state index in [2.05, 4.69) is 20.8 Å². The van der Waals surface area contributed by atoms with Crippen molar-refractivity contribution in [3.8, 4) is 11.4 Å². The van der Waals surface area contributed by atoms with Crippen LogP contribution in [0.5, 0.6) is 0 Å². The van der Waals surface area contributed by atoms with Crippen LogP contribution in [0.3, 0.4) is 0 Å². The van der Waals surface area contributed by atoms with Crippen molar-refractivity contribution in [2.45, 2.75) is 12.1 Å². The molecule has 2 amide bonds. The van der Waals surface area contributed by atoms with Crippen molar-refractivity contribution in [3.63, 3.8) is 0 Å². The minimum atomic E-state index is -0.296. The molecule has 0 aliphatic heterocycles. The summed E-state index contributed by atoms with van der Waals surface area (Å²) in [6, 6.07) is 21.8.